The summed E-state index contributed by atoms with van der Waals surface area (Å²) < 4.78 is 12.0. The van der Waals surface area contributed by atoms with E-state index in [4.69, 9.17) is 9.47 Å². The number of carbonyl (C=O) groups excluding carboxylic acids is 1. The molecule has 1 aromatic heterocycles. The number of benzene rings is 2. The van der Waals surface area contributed by atoms with Gasteiger partial charge in [-0.25, -0.2) is 4.79 Å². The lowest BCUT2D eigenvalue weighted by Crippen LogP contribution is -2.40. The Kier molecular flexibility index (Phi) is 9.24. The Balaban J connectivity index is 0.000000222. The zero-order valence-corrected chi connectivity index (χ0v) is 22.8. The van der Waals surface area contributed by atoms with Gasteiger partial charge in [0.25, 0.3) is 5.56 Å². The molecule has 200 valence electrons. The number of aryl methyl sites for hydroxylation is 1. The second-order valence-electron chi connectivity index (χ2n) is 10.9. The van der Waals surface area contributed by atoms with Gasteiger partial charge in [0.15, 0.2) is 0 Å². The summed E-state index contributed by atoms with van der Waals surface area (Å²) in [7, 11) is 1.62. The van der Waals surface area contributed by atoms with Crippen molar-refractivity contribution >= 4 is 16.9 Å². The number of aromatic hydroxyl groups is 1. The van der Waals surface area contributed by atoms with Crippen molar-refractivity contribution in [1.82, 2.24) is 9.88 Å². The highest BCUT2D eigenvalue weighted by molar-refractivity contribution is 5.83. The maximum absolute atomic E-state index is 12.5. The van der Waals surface area contributed by atoms with Crippen LogP contribution in [-0.4, -0.2) is 34.5 Å². The quantitative estimate of drug-likeness (QED) is 0.440. The average molecular weight is 509 g/mol. The monoisotopic (exact) mass is 508 g/mol. The van der Waals surface area contributed by atoms with Gasteiger partial charge in [-0.15, -0.1) is 0 Å². The summed E-state index contributed by atoms with van der Waals surface area (Å²) in [6, 6.07) is 13.2. The smallest absolute Gasteiger partial charge is 0.407 e. The first-order valence-corrected chi connectivity index (χ1v) is 12.9. The molecule has 1 saturated carbocycles. The van der Waals surface area contributed by atoms with Gasteiger partial charge in [-0.05, 0) is 106 Å². The predicted molar refractivity (Wildman–Crippen MR) is 147 cm³/mol. The standard InChI is InChI=1S/C18H17NO3.C12H23NO2/c1-12-9-14-7-8-19(18(21)16(14)10-17(12)20)11-13-3-5-15(22-2)6-4-13;1-9-5-7-10(8-6-9)13-11(14)15-12(2,3)4/h3-10,20H,11H2,1-2H3;9-10H,5-8H2,1-4H3,(H,13,14). The van der Waals surface area contributed by atoms with Crippen LogP contribution >= 0.6 is 0 Å². The number of nitrogens with one attached hydrogen (secondary N) is 1. The lowest BCUT2D eigenvalue weighted by molar-refractivity contribution is 0.0488. The number of carbonyl (C=O) groups is 1. The SMILES string of the molecule is CC1CCC(NC(=O)OC(C)(C)C)CC1.COc1ccc(Cn2ccc3cc(C)c(O)cc3c2=O)cc1. The molecule has 4 rings (SSSR count). The highest BCUT2D eigenvalue weighted by atomic mass is 16.6. The fraction of sp³-hybridized carbons (Fsp3) is 0.467. The van der Waals surface area contributed by atoms with Crippen molar-refractivity contribution in [1.29, 1.82) is 0 Å². The van der Waals surface area contributed by atoms with Crippen molar-refractivity contribution in [3.63, 3.8) is 0 Å². The Bertz CT molecular complexity index is 1250. The number of phenols is 1. The number of phenolic OH excluding ortho intramolecular Hbond substituents is 1. The van der Waals surface area contributed by atoms with Gasteiger partial charge in [0.2, 0.25) is 0 Å². The molecule has 3 aromatic rings. The van der Waals surface area contributed by atoms with E-state index in [2.05, 4.69) is 12.2 Å². The van der Waals surface area contributed by atoms with Crippen LogP contribution in [0, 0.1) is 12.8 Å². The van der Waals surface area contributed by atoms with Crippen molar-refractivity contribution in [2.75, 3.05) is 7.11 Å². The summed E-state index contributed by atoms with van der Waals surface area (Å²) >= 11 is 0. The molecule has 1 amide bonds. The minimum atomic E-state index is -0.397. The number of nitrogens with zero attached hydrogens (tertiary/aromatic N) is 1. The lowest BCUT2D eigenvalue weighted by atomic mass is 9.87. The number of hydrogen-bond donors (Lipinski definition) is 2. The van der Waals surface area contributed by atoms with E-state index < -0.39 is 5.60 Å². The molecule has 7 heteroatoms. The molecular formula is C30H40N2O5. The Morgan fingerprint density at radius 3 is 2.32 bits per heavy atom. The molecule has 1 aliphatic carbocycles. The Hall–Kier alpha value is -3.48. The zero-order valence-electron chi connectivity index (χ0n) is 22.8. The summed E-state index contributed by atoms with van der Waals surface area (Å²) in [6.45, 7) is 10.2. The number of fused-ring (bicyclic) bond motifs is 1. The fourth-order valence-corrected chi connectivity index (χ4v) is 4.37. The molecule has 0 unspecified atom stereocenters. The maximum Gasteiger partial charge on any atom is 0.407 e. The first kappa shape index (κ1) is 28.1. The van der Waals surface area contributed by atoms with Crippen molar-refractivity contribution < 1.29 is 19.4 Å². The fourth-order valence-electron chi connectivity index (χ4n) is 4.37. The van der Waals surface area contributed by atoms with E-state index >= 15 is 0 Å². The summed E-state index contributed by atoms with van der Waals surface area (Å²) in [4.78, 5) is 24.0. The number of amides is 1. The summed E-state index contributed by atoms with van der Waals surface area (Å²) in [5.74, 6) is 1.74. The molecule has 37 heavy (non-hydrogen) atoms. The highest BCUT2D eigenvalue weighted by Crippen LogP contribution is 2.24. The third kappa shape index (κ3) is 8.27. The molecule has 2 aromatic carbocycles. The maximum atomic E-state index is 12.5. The van der Waals surface area contributed by atoms with Crippen molar-refractivity contribution in [3.8, 4) is 11.5 Å². The Labute approximate surface area is 219 Å². The first-order chi connectivity index (χ1) is 17.4. The van der Waals surface area contributed by atoms with Crippen LogP contribution in [-0.2, 0) is 11.3 Å². The summed E-state index contributed by atoms with van der Waals surface area (Å²) in [5, 5.41) is 14.1. The minimum Gasteiger partial charge on any atom is -0.508 e. The Morgan fingerprint density at radius 1 is 1.08 bits per heavy atom. The normalized spacial score (nSPS) is 17.5. The molecule has 0 radical (unpaired) electrons. The number of hydrogen-bond acceptors (Lipinski definition) is 5. The largest absolute Gasteiger partial charge is 0.508 e. The highest BCUT2D eigenvalue weighted by Gasteiger charge is 2.22. The van der Waals surface area contributed by atoms with Crippen LogP contribution in [0.2, 0.25) is 0 Å². The van der Waals surface area contributed by atoms with Gasteiger partial charge < -0.3 is 24.5 Å². The third-order valence-electron chi connectivity index (χ3n) is 6.54. The van der Waals surface area contributed by atoms with Crippen LogP contribution in [0.4, 0.5) is 4.79 Å². The number of methoxy groups -OCH3 is 1. The van der Waals surface area contributed by atoms with Crippen LogP contribution in [0.5, 0.6) is 11.5 Å². The predicted octanol–water partition coefficient (Wildman–Crippen LogP) is 6.16. The van der Waals surface area contributed by atoms with Gasteiger partial charge in [-0.1, -0.05) is 19.1 Å². The van der Waals surface area contributed by atoms with Gasteiger partial charge in [0, 0.05) is 12.2 Å². The van der Waals surface area contributed by atoms with E-state index in [9.17, 15) is 14.7 Å². The zero-order chi connectivity index (χ0) is 27.2. The van der Waals surface area contributed by atoms with E-state index in [0.717, 1.165) is 41.0 Å². The molecule has 0 atom stereocenters. The molecule has 1 heterocycles. The second kappa shape index (κ2) is 12.2. The van der Waals surface area contributed by atoms with Gasteiger partial charge in [0.1, 0.15) is 17.1 Å². The molecule has 2 N–H and O–H groups in total. The summed E-state index contributed by atoms with van der Waals surface area (Å²) in [5.41, 5.74) is 1.27. The summed E-state index contributed by atoms with van der Waals surface area (Å²) in [6.07, 6.45) is 6.09. The number of aromatic nitrogens is 1. The van der Waals surface area contributed by atoms with Gasteiger partial charge in [-0.3, -0.25) is 4.79 Å². The molecule has 0 saturated heterocycles. The van der Waals surface area contributed by atoms with Gasteiger partial charge in [0.05, 0.1) is 19.0 Å². The van der Waals surface area contributed by atoms with Crippen LogP contribution < -0.4 is 15.6 Å². The molecule has 0 aliphatic heterocycles. The van der Waals surface area contributed by atoms with E-state index in [1.54, 1.807) is 17.9 Å². The van der Waals surface area contributed by atoms with E-state index in [1.807, 2.05) is 64.1 Å². The number of rotatable bonds is 4. The van der Waals surface area contributed by atoms with Crippen LogP contribution in [0.3, 0.4) is 0 Å². The van der Waals surface area contributed by atoms with Crippen LogP contribution in [0.25, 0.3) is 10.8 Å². The van der Waals surface area contributed by atoms with Gasteiger partial charge >= 0.3 is 6.09 Å². The number of pyridine rings is 1. The molecule has 0 bridgehead atoms. The van der Waals surface area contributed by atoms with E-state index in [-0.39, 0.29) is 17.4 Å². The van der Waals surface area contributed by atoms with Crippen molar-refractivity contribution in [2.45, 2.75) is 78.5 Å². The lowest BCUT2D eigenvalue weighted by Gasteiger charge is -2.28. The second-order valence-corrected chi connectivity index (χ2v) is 10.9. The molecule has 7 nitrogen and oxygen atoms in total. The number of ether oxygens (including phenoxy) is 2. The molecule has 0 spiro atoms. The average Bonchev–Trinajstić information content (AvgIpc) is 2.83. The van der Waals surface area contributed by atoms with Crippen molar-refractivity contribution in [2.24, 2.45) is 5.92 Å². The number of alkyl carbamates (subject to hydrolysis) is 1. The Morgan fingerprint density at radius 2 is 1.73 bits per heavy atom. The van der Waals surface area contributed by atoms with Crippen LogP contribution in [0.1, 0.15) is 64.5 Å². The van der Waals surface area contributed by atoms with Crippen molar-refractivity contribution in [3.05, 3.63) is 70.1 Å². The van der Waals surface area contributed by atoms with Gasteiger partial charge in [-0.2, -0.15) is 0 Å². The van der Waals surface area contributed by atoms with Crippen LogP contribution in [0.15, 0.2) is 53.5 Å². The molecule has 1 aliphatic rings. The van der Waals surface area contributed by atoms with E-state index in [1.165, 1.54) is 18.9 Å². The minimum absolute atomic E-state index is 0.108. The molecular weight excluding hydrogens is 468 g/mol. The first-order valence-electron chi connectivity index (χ1n) is 12.9. The third-order valence-corrected chi connectivity index (χ3v) is 6.54. The molecule has 1 fully saturated rings. The topological polar surface area (TPSA) is 89.8 Å². The van der Waals surface area contributed by atoms with E-state index in [0.29, 0.717) is 18.0 Å².